The SMILES string of the molecule is CCC1CCC(C(=O)NCCc2ccc(F)cc2)CC1. The van der Waals surface area contributed by atoms with Crippen molar-refractivity contribution < 1.29 is 9.18 Å². The van der Waals surface area contributed by atoms with Crippen LogP contribution in [0.1, 0.15) is 44.6 Å². The first-order valence-corrected chi connectivity index (χ1v) is 7.71. The van der Waals surface area contributed by atoms with Crippen LogP contribution in [-0.4, -0.2) is 12.5 Å². The third kappa shape index (κ3) is 4.32. The van der Waals surface area contributed by atoms with E-state index in [4.69, 9.17) is 0 Å². The Hall–Kier alpha value is -1.38. The number of hydrogen-bond donors (Lipinski definition) is 1. The van der Waals surface area contributed by atoms with Crippen LogP contribution in [0.5, 0.6) is 0 Å². The topological polar surface area (TPSA) is 29.1 Å². The molecule has 0 aromatic heterocycles. The molecule has 0 saturated heterocycles. The van der Waals surface area contributed by atoms with Gasteiger partial charge in [0.25, 0.3) is 0 Å². The summed E-state index contributed by atoms with van der Waals surface area (Å²) >= 11 is 0. The van der Waals surface area contributed by atoms with Crippen LogP contribution in [-0.2, 0) is 11.2 Å². The summed E-state index contributed by atoms with van der Waals surface area (Å²) in [5.74, 6) is 0.997. The fourth-order valence-electron chi connectivity index (χ4n) is 2.96. The van der Waals surface area contributed by atoms with E-state index >= 15 is 0 Å². The Bertz CT molecular complexity index is 421. The highest BCUT2D eigenvalue weighted by molar-refractivity contribution is 5.78. The lowest BCUT2D eigenvalue weighted by Gasteiger charge is -2.26. The van der Waals surface area contributed by atoms with Crippen molar-refractivity contribution in [1.82, 2.24) is 5.32 Å². The number of carbonyl (C=O) groups excluding carboxylic acids is 1. The van der Waals surface area contributed by atoms with E-state index in [0.29, 0.717) is 6.54 Å². The average Bonchev–Trinajstić information content (AvgIpc) is 2.49. The lowest BCUT2D eigenvalue weighted by molar-refractivity contribution is -0.126. The zero-order chi connectivity index (χ0) is 14.4. The van der Waals surface area contributed by atoms with Gasteiger partial charge in [-0.15, -0.1) is 0 Å². The Morgan fingerprint density at radius 2 is 1.85 bits per heavy atom. The van der Waals surface area contributed by atoms with Crippen LogP contribution >= 0.6 is 0 Å². The summed E-state index contributed by atoms with van der Waals surface area (Å²) in [6.07, 6.45) is 6.43. The number of hydrogen-bond acceptors (Lipinski definition) is 1. The predicted octanol–water partition coefficient (Wildman–Crippen LogP) is 3.70. The lowest BCUT2D eigenvalue weighted by Crippen LogP contribution is -2.34. The molecule has 2 rings (SSSR count). The number of benzene rings is 1. The van der Waals surface area contributed by atoms with E-state index < -0.39 is 0 Å². The molecule has 0 unspecified atom stereocenters. The highest BCUT2D eigenvalue weighted by Gasteiger charge is 2.24. The fourth-order valence-corrected chi connectivity index (χ4v) is 2.96. The molecule has 1 saturated carbocycles. The van der Waals surface area contributed by atoms with Crippen molar-refractivity contribution in [3.8, 4) is 0 Å². The van der Waals surface area contributed by atoms with Crippen molar-refractivity contribution in [1.29, 1.82) is 0 Å². The van der Waals surface area contributed by atoms with Gasteiger partial charge in [0, 0.05) is 12.5 Å². The largest absolute Gasteiger partial charge is 0.356 e. The highest BCUT2D eigenvalue weighted by atomic mass is 19.1. The van der Waals surface area contributed by atoms with E-state index in [0.717, 1.165) is 30.7 Å². The molecule has 3 heteroatoms. The summed E-state index contributed by atoms with van der Waals surface area (Å²) < 4.78 is 12.8. The second-order valence-corrected chi connectivity index (χ2v) is 5.79. The Morgan fingerprint density at radius 1 is 1.20 bits per heavy atom. The maximum atomic E-state index is 12.8. The smallest absolute Gasteiger partial charge is 0.223 e. The zero-order valence-corrected chi connectivity index (χ0v) is 12.2. The standard InChI is InChI=1S/C17H24FNO/c1-2-13-3-7-15(8-4-13)17(20)19-12-11-14-5-9-16(18)10-6-14/h5-6,9-10,13,15H,2-4,7-8,11-12H2,1H3,(H,19,20). The first-order chi connectivity index (χ1) is 9.69. The van der Waals surface area contributed by atoms with E-state index in [1.165, 1.54) is 31.4 Å². The number of carbonyl (C=O) groups is 1. The molecule has 0 atom stereocenters. The van der Waals surface area contributed by atoms with Gasteiger partial charge in [0.15, 0.2) is 0 Å². The molecule has 1 amide bonds. The van der Waals surface area contributed by atoms with Gasteiger partial charge in [0.2, 0.25) is 5.91 Å². The summed E-state index contributed by atoms with van der Waals surface area (Å²) in [5.41, 5.74) is 1.06. The molecule has 20 heavy (non-hydrogen) atoms. The molecule has 1 aromatic carbocycles. The quantitative estimate of drug-likeness (QED) is 0.873. The fraction of sp³-hybridized carbons (Fsp3) is 0.588. The van der Waals surface area contributed by atoms with Crippen molar-refractivity contribution in [2.75, 3.05) is 6.54 Å². The normalized spacial score (nSPS) is 22.5. The van der Waals surface area contributed by atoms with Crippen molar-refractivity contribution in [2.24, 2.45) is 11.8 Å². The second-order valence-electron chi connectivity index (χ2n) is 5.79. The van der Waals surface area contributed by atoms with Crippen LogP contribution in [0, 0.1) is 17.7 Å². The van der Waals surface area contributed by atoms with Gasteiger partial charge in [-0.2, -0.15) is 0 Å². The molecule has 1 fully saturated rings. The summed E-state index contributed by atoms with van der Waals surface area (Å²) in [7, 11) is 0. The van der Waals surface area contributed by atoms with Crippen LogP contribution in [0.4, 0.5) is 4.39 Å². The molecule has 2 nitrogen and oxygen atoms in total. The Labute approximate surface area is 120 Å². The van der Waals surface area contributed by atoms with E-state index in [1.807, 2.05) is 0 Å². The molecule has 0 spiro atoms. The monoisotopic (exact) mass is 277 g/mol. The molecule has 1 N–H and O–H groups in total. The van der Waals surface area contributed by atoms with Gasteiger partial charge in [-0.05, 0) is 55.7 Å². The summed E-state index contributed by atoms with van der Waals surface area (Å²) in [6.45, 7) is 2.87. The van der Waals surface area contributed by atoms with E-state index in [2.05, 4.69) is 12.2 Å². The Kier molecular flexibility index (Phi) is 5.57. The zero-order valence-electron chi connectivity index (χ0n) is 12.2. The molecule has 110 valence electrons. The first kappa shape index (κ1) is 15.0. The van der Waals surface area contributed by atoms with Crippen molar-refractivity contribution in [3.63, 3.8) is 0 Å². The van der Waals surface area contributed by atoms with Crippen molar-refractivity contribution in [2.45, 2.75) is 45.4 Å². The Morgan fingerprint density at radius 3 is 2.45 bits per heavy atom. The predicted molar refractivity (Wildman–Crippen MR) is 78.9 cm³/mol. The maximum absolute atomic E-state index is 12.8. The minimum Gasteiger partial charge on any atom is -0.356 e. The highest BCUT2D eigenvalue weighted by Crippen LogP contribution is 2.30. The van der Waals surface area contributed by atoms with Gasteiger partial charge < -0.3 is 5.32 Å². The molecule has 0 aliphatic heterocycles. The lowest BCUT2D eigenvalue weighted by atomic mass is 9.80. The minimum atomic E-state index is -0.217. The minimum absolute atomic E-state index is 0.196. The van der Waals surface area contributed by atoms with Gasteiger partial charge in [-0.1, -0.05) is 25.5 Å². The molecular weight excluding hydrogens is 253 g/mol. The van der Waals surface area contributed by atoms with E-state index in [-0.39, 0.29) is 17.6 Å². The van der Waals surface area contributed by atoms with Gasteiger partial charge in [-0.3, -0.25) is 4.79 Å². The van der Waals surface area contributed by atoms with Crippen LogP contribution < -0.4 is 5.32 Å². The number of rotatable bonds is 5. The van der Waals surface area contributed by atoms with Gasteiger partial charge in [0.1, 0.15) is 5.82 Å². The second kappa shape index (κ2) is 7.41. The molecule has 1 aliphatic carbocycles. The number of nitrogens with one attached hydrogen (secondary N) is 1. The van der Waals surface area contributed by atoms with Crippen LogP contribution in [0.25, 0.3) is 0 Å². The molecule has 1 aliphatic rings. The summed E-state index contributed by atoms with van der Waals surface area (Å²) in [5, 5.41) is 3.02. The Balaban J connectivity index is 1.69. The maximum Gasteiger partial charge on any atom is 0.223 e. The van der Waals surface area contributed by atoms with E-state index in [1.54, 1.807) is 12.1 Å². The third-order valence-electron chi connectivity index (χ3n) is 4.42. The van der Waals surface area contributed by atoms with Crippen LogP contribution in [0.15, 0.2) is 24.3 Å². The van der Waals surface area contributed by atoms with Gasteiger partial charge in [0.05, 0.1) is 0 Å². The molecular formula is C17H24FNO. The van der Waals surface area contributed by atoms with Gasteiger partial charge >= 0.3 is 0 Å². The molecule has 0 bridgehead atoms. The molecule has 0 heterocycles. The summed E-state index contributed by atoms with van der Waals surface area (Å²) in [6, 6.07) is 6.47. The average molecular weight is 277 g/mol. The first-order valence-electron chi connectivity index (χ1n) is 7.71. The van der Waals surface area contributed by atoms with Crippen molar-refractivity contribution in [3.05, 3.63) is 35.6 Å². The summed E-state index contributed by atoms with van der Waals surface area (Å²) in [4.78, 5) is 12.1. The number of amides is 1. The molecule has 0 radical (unpaired) electrons. The third-order valence-corrected chi connectivity index (χ3v) is 4.42. The number of halogens is 1. The van der Waals surface area contributed by atoms with Crippen LogP contribution in [0.3, 0.4) is 0 Å². The van der Waals surface area contributed by atoms with Crippen molar-refractivity contribution >= 4 is 5.91 Å². The van der Waals surface area contributed by atoms with Gasteiger partial charge in [-0.25, -0.2) is 4.39 Å². The van der Waals surface area contributed by atoms with Crippen LogP contribution in [0.2, 0.25) is 0 Å². The van der Waals surface area contributed by atoms with E-state index in [9.17, 15) is 9.18 Å². The molecule has 1 aromatic rings.